The minimum atomic E-state index is -0.0589. The lowest BCUT2D eigenvalue weighted by atomic mass is 10.1. The van der Waals surface area contributed by atoms with Crippen LogP contribution in [0.4, 0.5) is 0 Å². The van der Waals surface area contributed by atoms with Crippen LogP contribution in [-0.2, 0) is 6.54 Å². The second kappa shape index (κ2) is 6.88. The topological polar surface area (TPSA) is 33.0 Å². The summed E-state index contributed by atoms with van der Waals surface area (Å²) < 4.78 is 2.13. The van der Waals surface area contributed by atoms with Crippen molar-refractivity contribution in [3.8, 4) is 11.1 Å². The van der Waals surface area contributed by atoms with Crippen molar-refractivity contribution in [3.05, 3.63) is 90.3 Å². The Morgan fingerprint density at radius 2 is 1.48 bits per heavy atom. The summed E-state index contributed by atoms with van der Waals surface area (Å²) in [7, 11) is 1.64. The minimum Gasteiger partial charge on any atom is -0.355 e. The van der Waals surface area contributed by atoms with Crippen LogP contribution in [0.5, 0.6) is 0 Å². The predicted molar refractivity (Wildman–Crippen MR) is 91.0 cm³/mol. The number of amides is 1. The van der Waals surface area contributed by atoms with Gasteiger partial charge in [-0.05, 0) is 23.3 Å². The van der Waals surface area contributed by atoms with Crippen molar-refractivity contribution in [2.75, 3.05) is 7.05 Å². The van der Waals surface area contributed by atoms with Crippen molar-refractivity contribution in [2.24, 2.45) is 0 Å². The normalized spacial score (nSPS) is 10.3. The lowest BCUT2D eigenvalue weighted by Gasteiger charge is -2.03. The largest absolute Gasteiger partial charge is 0.355 e. The summed E-state index contributed by atoms with van der Waals surface area (Å²) in [6, 6.07) is 22.3. The number of nitrogens with zero attached hydrogens (tertiary/aromatic N) is 1. The fraction of sp³-hybridized carbons (Fsp3) is 0.100. The number of nitrogens with one attached hydrogen (secondary N) is 1. The van der Waals surface area contributed by atoms with Crippen LogP contribution in [0.25, 0.3) is 11.1 Å². The molecule has 0 spiro atoms. The summed E-state index contributed by atoms with van der Waals surface area (Å²) in [5.41, 5.74) is 4.27. The lowest BCUT2D eigenvalue weighted by molar-refractivity contribution is -0.688. The van der Waals surface area contributed by atoms with Gasteiger partial charge in [-0.3, -0.25) is 4.79 Å². The molecule has 0 bridgehead atoms. The number of carbonyl (C=O) groups excluding carboxylic acids is 1. The van der Waals surface area contributed by atoms with Gasteiger partial charge in [0.1, 0.15) is 0 Å². The first kappa shape index (κ1) is 15.0. The SMILES string of the molecule is CNC(=O)c1ccc(C[n+]2ccc(-c3ccccc3)cc2)cc1. The van der Waals surface area contributed by atoms with E-state index in [9.17, 15) is 4.79 Å². The molecule has 0 saturated heterocycles. The van der Waals surface area contributed by atoms with Crippen molar-refractivity contribution >= 4 is 5.91 Å². The molecule has 114 valence electrons. The number of aromatic nitrogens is 1. The van der Waals surface area contributed by atoms with Gasteiger partial charge in [-0.25, -0.2) is 4.57 Å². The van der Waals surface area contributed by atoms with E-state index >= 15 is 0 Å². The van der Waals surface area contributed by atoms with Crippen LogP contribution in [0, 0.1) is 0 Å². The molecule has 3 rings (SSSR count). The first-order valence-electron chi connectivity index (χ1n) is 7.62. The van der Waals surface area contributed by atoms with Crippen LogP contribution in [0.15, 0.2) is 79.1 Å². The molecule has 0 aliphatic rings. The third-order valence-corrected chi connectivity index (χ3v) is 3.81. The van der Waals surface area contributed by atoms with E-state index in [2.05, 4.69) is 46.5 Å². The maximum atomic E-state index is 11.5. The Morgan fingerprint density at radius 3 is 2.09 bits per heavy atom. The van der Waals surface area contributed by atoms with E-state index < -0.39 is 0 Å². The first-order chi connectivity index (χ1) is 11.3. The Kier molecular flexibility index (Phi) is 4.48. The number of benzene rings is 2. The Bertz CT molecular complexity index is 778. The highest BCUT2D eigenvalue weighted by atomic mass is 16.1. The number of hydrogen-bond donors (Lipinski definition) is 1. The maximum Gasteiger partial charge on any atom is 0.251 e. The van der Waals surface area contributed by atoms with Crippen LogP contribution in [-0.4, -0.2) is 13.0 Å². The van der Waals surface area contributed by atoms with E-state index in [-0.39, 0.29) is 5.91 Å². The number of rotatable bonds is 4. The average Bonchev–Trinajstić information content (AvgIpc) is 2.63. The third-order valence-electron chi connectivity index (χ3n) is 3.81. The van der Waals surface area contributed by atoms with E-state index in [0.717, 1.165) is 12.1 Å². The van der Waals surface area contributed by atoms with Gasteiger partial charge < -0.3 is 5.32 Å². The number of carbonyl (C=O) groups is 1. The summed E-state index contributed by atoms with van der Waals surface area (Å²) >= 11 is 0. The maximum absolute atomic E-state index is 11.5. The molecule has 0 aliphatic carbocycles. The van der Waals surface area contributed by atoms with Gasteiger partial charge in [0.2, 0.25) is 0 Å². The molecule has 0 fully saturated rings. The van der Waals surface area contributed by atoms with Crippen molar-refractivity contribution in [3.63, 3.8) is 0 Å². The molecule has 1 N–H and O–H groups in total. The Labute approximate surface area is 136 Å². The highest BCUT2D eigenvalue weighted by Crippen LogP contribution is 2.16. The van der Waals surface area contributed by atoms with Crippen LogP contribution in [0.1, 0.15) is 15.9 Å². The molecule has 1 heterocycles. The molecule has 0 radical (unpaired) electrons. The molecule has 3 aromatic rings. The van der Waals surface area contributed by atoms with E-state index in [1.807, 2.05) is 42.5 Å². The predicted octanol–water partition coefficient (Wildman–Crippen LogP) is 3.05. The molecular weight excluding hydrogens is 284 g/mol. The average molecular weight is 303 g/mol. The molecule has 3 heteroatoms. The standard InChI is InChI=1S/C20H18N2O/c1-21-20(23)19-9-7-16(8-10-19)15-22-13-11-18(12-14-22)17-5-3-2-4-6-17/h2-14H,15H2,1H3/p+1. The summed E-state index contributed by atoms with van der Waals surface area (Å²) in [6.45, 7) is 0.781. The minimum absolute atomic E-state index is 0.0589. The van der Waals surface area contributed by atoms with Gasteiger partial charge in [0.05, 0.1) is 0 Å². The number of pyridine rings is 1. The smallest absolute Gasteiger partial charge is 0.251 e. The zero-order valence-electron chi connectivity index (χ0n) is 13.1. The van der Waals surface area contributed by atoms with Crippen molar-refractivity contribution in [2.45, 2.75) is 6.54 Å². The second-order valence-electron chi connectivity index (χ2n) is 5.40. The Hall–Kier alpha value is -2.94. The van der Waals surface area contributed by atoms with Crippen LogP contribution in [0.3, 0.4) is 0 Å². The van der Waals surface area contributed by atoms with E-state index in [4.69, 9.17) is 0 Å². The zero-order valence-corrected chi connectivity index (χ0v) is 13.1. The molecular formula is C20H19N2O+. The summed E-state index contributed by atoms with van der Waals surface area (Å²) in [5.74, 6) is -0.0589. The van der Waals surface area contributed by atoms with Crippen molar-refractivity contribution in [1.82, 2.24) is 5.32 Å². The van der Waals surface area contributed by atoms with Gasteiger partial charge in [0.15, 0.2) is 18.9 Å². The van der Waals surface area contributed by atoms with Crippen LogP contribution >= 0.6 is 0 Å². The van der Waals surface area contributed by atoms with Gasteiger partial charge in [0.25, 0.3) is 5.91 Å². The Morgan fingerprint density at radius 1 is 0.870 bits per heavy atom. The summed E-state index contributed by atoms with van der Waals surface area (Å²) in [6.07, 6.45) is 4.16. The van der Waals surface area contributed by atoms with Crippen LogP contribution < -0.4 is 9.88 Å². The summed E-state index contributed by atoms with van der Waals surface area (Å²) in [5, 5.41) is 2.63. The quantitative estimate of drug-likeness (QED) is 0.738. The van der Waals surface area contributed by atoms with Gasteiger partial charge in [-0.15, -0.1) is 0 Å². The molecule has 2 aromatic carbocycles. The van der Waals surface area contributed by atoms with E-state index in [1.165, 1.54) is 11.1 Å². The molecule has 3 nitrogen and oxygen atoms in total. The van der Waals surface area contributed by atoms with E-state index in [0.29, 0.717) is 5.56 Å². The monoisotopic (exact) mass is 303 g/mol. The van der Waals surface area contributed by atoms with Crippen molar-refractivity contribution < 1.29 is 9.36 Å². The highest BCUT2D eigenvalue weighted by molar-refractivity contribution is 5.93. The van der Waals surface area contributed by atoms with Gasteiger partial charge in [0, 0.05) is 30.3 Å². The van der Waals surface area contributed by atoms with Gasteiger partial charge >= 0.3 is 0 Å². The number of hydrogen-bond acceptors (Lipinski definition) is 1. The molecule has 23 heavy (non-hydrogen) atoms. The highest BCUT2D eigenvalue weighted by Gasteiger charge is 2.06. The molecule has 1 amide bonds. The first-order valence-corrected chi connectivity index (χ1v) is 7.62. The fourth-order valence-electron chi connectivity index (χ4n) is 2.50. The Balaban J connectivity index is 1.72. The van der Waals surface area contributed by atoms with Gasteiger partial charge in [-0.2, -0.15) is 0 Å². The van der Waals surface area contributed by atoms with Crippen molar-refractivity contribution in [1.29, 1.82) is 0 Å². The second-order valence-corrected chi connectivity index (χ2v) is 5.40. The van der Waals surface area contributed by atoms with Crippen LogP contribution in [0.2, 0.25) is 0 Å². The third kappa shape index (κ3) is 3.64. The lowest BCUT2D eigenvalue weighted by Crippen LogP contribution is -2.33. The summed E-state index contributed by atoms with van der Waals surface area (Å²) in [4.78, 5) is 11.5. The zero-order chi connectivity index (χ0) is 16.1. The molecule has 0 saturated carbocycles. The van der Waals surface area contributed by atoms with E-state index in [1.54, 1.807) is 7.05 Å². The molecule has 0 aliphatic heterocycles. The molecule has 1 aromatic heterocycles. The molecule has 0 atom stereocenters. The molecule has 0 unspecified atom stereocenters. The fourth-order valence-corrected chi connectivity index (χ4v) is 2.50. The van der Waals surface area contributed by atoms with Gasteiger partial charge in [-0.1, -0.05) is 42.5 Å².